The predicted molar refractivity (Wildman–Crippen MR) is 104 cm³/mol. The lowest BCUT2D eigenvalue weighted by atomic mass is 10.1. The van der Waals surface area contributed by atoms with Gasteiger partial charge in [0.2, 0.25) is 0 Å². The van der Waals surface area contributed by atoms with Crippen molar-refractivity contribution in [3.8, 4) is 0 Å². The number of hydrogen-bond acceptors (Lipinski definition) is 6. The minimum absolute atomic E-state index is 0.0981. The Labute approximate surface area is 166 Å². The molecule has 1 saturated carbocycles. The molecule has 28 heavy (non-hydrogen) atoms. The van der Waals surface area contributed by atoms with Gasteiger partial charge in [-0.25, -0.2) is 4.68 Å². The van der Waals surface area contributed by atoms with Crippen LogP contribution >= 0.6 is 11.3 Å². The van der Waals surface area contributed by atoms with Gasteiger partial charge in [0.05, 0.1) is 17.0 Å². The van der Waals surface area contributed by atoms with Crippen molar-refractivity contribution in [1.82, 2.24) is 30.8 Å². The molecule has 0 bridgehead atoms. The van der Waals surface area contributed by atoms with Crippen LogP contribution in [-0.2, 0) is 6.54 Å². The number of nitrogens with one attached hydrogen (secondary N) is 2. The normalized spacial score (nSPS) is 14.5. The van der Waals surface area contributed by atoms with E-state index in [-0.39, 0.29) is 17.9 Å². The van der Waals surface area contributed by atoms with Crippen molar-refractivity contribution >= 4 is 23.2 Å². The number of amides is 2. The summed E-state index contributed by atoms with van der Waals surface area (Å²) in [5.41, 5.74) is 1.47. The third kappa shape index (κ3) is 4.09. The number of carbonyl (C=O) groups excluding carboxylic acids is 2. The SMILES string of the molecule is C[C@H](NC(=O)c1ccc(CNC(=O)c2cccs2)cc1)c1nnnn1C1CC1. The van der Waals surface area contributed by atoms with Crippen molar-refractivity contribution < 1.29 is 9.59 Å². The van der Waals surface area contributed by atoms with E-state index < -0.39 is 0 Å². The number of tetrazole rings is 1. The Bertz CT molecular complexity index is 963. The van der Waals surface area contributed by atoms with Crippen LogP contribution in [0.1, 0.15) is 63.3 Å². The Morgan fingerprint density at radius 3 is 2.68 bits per heavy atom. The third-order valence-corrected chi connectivity index (χ3v) is 5.43. The maximum atomic E-state index is 12.5. The van der Waals surface area contributed by atoms with Crippen molar-refractivity contribution in [2.45, 2.75) is 38.4 Å². The second-order valence-corrected chi connectivity index (χ2v) is 7.71. The molecule has 1 fully saturated rings. The summed E-state index contributed by atoms with van der Waals surface area (Å²) in [7, 11) is 0. The Morgan fingerprint density at radius 1 is 1.21 bits per heavy atom. The zero-order valence-corrected chi connectivity index (χ0v) is 16.1. The largest absolute Gasteiger partial charge is 0.347 e. The molecule has 1 aliphatic rings. The van der Waals surface area contributed by atoms with Gasteiger partial charge in [0.15, 0.2) is 5.82 Å². The van der Waals surface area contributed by atoms with E-state index in [2.05, 4.69) is 26.2 Å². The highest BCUT2D eigenvalue weighted by Crippen LogP contribution is 2.35. The quantitative estimate of drug-likeness (QED) is 0.639. The Kier molecular flexibility index (Phi) is 5.16. The number of rotatable bonds is 7. The Balaban J connectivity index is 1.33. The average molecular weight is 396 g/mol. The fourth-order valence-electron chi connectivity index (χ4n) is 2.86. The minimum atomic E-state index is -0.284. The second kappa shape index (κ2) is 7.89. The molecule has 8 nitrogen and oxygen atoms in total. The first-order valence-corrected chi connectivity index (χ1v) is 9.99. The van der Waals surface area contributed by atoms with Crippen molar-refractivity contribution in [3.63, 3.8) is 0 Å². The van der Waals surface area contributed by atoms with Crippen LogP contribution in [0.15, 0.2) is 41.8 Å². The number of hydrogen-bond donors (Lipinski definition) is 2. The zero-order valence-electron chi connectivity index (χ0n) is 15.3. The smallest absolute Gasteiger partial charge is 0.261 e. The first kappa shape index (κ1) is 18.3. The van der Waals surface area contributed by atoms with Crippen LogP contribution in [0.3, 0.4) is 0 Å². The number of aromatic nitrogens is 4. The maximum absolute atomic E-state index is 12.5. The molecular formula is C19H20N6O2S. The van der Waals surface area contributed by atoms with Crippen LogP contribution in [-0.4, -0.2) is 32.0 Å². The summed E-state index contributed by atoms with van der Waals surface area (Å²) < 4.78 is 1.80. The van der Waals surface area contributed by atoms with E-state index in [1.165, 1.54) is 11.3 Å². The standard InChI is InChI=1S/C19H20N6O2S/c1-12(17-22-23-24-25(17)15-8-9-15)21-18(26)14-6-4-13(5-7-14)11-20-19(27)16-3-2-10-28-16/h2-7,10,12,15H,8-9,11H2,1H3,(H,20,27)(H,21,26)/t12-/m0/s1. The van der Waals surface area contributed by atoms with E-state index in [0.29, 0.717) is 28.9 Å². The monoisotopic (exact) mass is 396 g/mol. The topological polar surface area (TPSA) is 102 Å². The molecule has 0 saturated heterocycles. The van der Waals surface area contributed by atoms with Crippen LogP contribution in [0.4, 0.5) is 0 Å². The molecule has 0 radical (unpaired) electrons. The number of thiophene rings is 1. The molecular weight excluding hydrogens is 376 g/mol. The minimum Gasteiger partial charge on any atom is -0.347 e. The highest BCUT2D eigenvalue weighted by molar-refractivity contribution is 7.12. The zero-order chi connectivity index (χ0) is 19.5. The van der Waals surface area contributed by atoms with Gasteiger partial charge in [-0.15, -0.1) is 16.4 Å². The lowest BCUT2D eigenvalue weighted by Gasteiger charge is -2.13. The van der Waals surface area contributed by atoms with Crippen molar-refractivity contribution in [3.05, 3.63) is 63.6 Å². The summed E-state index contributed by atoms with van der Waals surface area (Å²) in [5, 5.41) is 19.5. The summed E-state index contributed by atoms with van der Waals surface area (Å²) in [6.45, 7) is 2.28. The first-order chi connectivity index (χ1) is 13.6. The van der Waals surface area contributed by atoms with Gasteiger partial charge in [-0.1, -0.05) is 18.2 Å². The van der Waals surface area contributed by atoms with Gasteiger partial charge in [0, 0.05) is 12.1 Å². The number of benzene rings is 1. The summed E-state index contributed by atoms with van der Waals surface area (Å²) in [4.78, 5) is 25.2. The van der Waals surface area contributed by atoms with Gasteiger partial charge in [0.25, 0.3) is 11.8 Å². The summed E-state index contributed by atoms with van der Waals surface area (Å²) in [6.07, 6.45) is 2.15. The van der Waals surface area contributed by atoms with Gasteiger partial charge in [-0.2, -0.15) is 0 Å². The van der Waals surface area contributed by atoms with Gasteiger partial charge in [0.1, 0.15) is 0 Å². The van der Waals surface area contributed by atoms with Gasteiger partial charge in [-0.3, -0.25) is 9.59 Å². The van der Waals surface area contributed by atoms with E-state index in [1.54, 1.807) is 22.9 Å². The molecule has 144 valence electrons. The van der Waals surface area contributed by atoms with Crippen LogP contribution in [0, 0.1) is 0 Å². The molecule has 3 aromatic rings. The molecule has 0 spiro atoms. The van der Waals surface area contributed by atoms with Crippen LogP contribution in [0.5, 0.6) is 0 Å². The Hall–Kier alpha value is -3.07. The van der Waals surface area contributed by atoms with E-state index in [4.69, 9.17) is 0 Å². The lowest BCUT2D eigenvalue weighted by Crippen LogP contribution is -2.29. The van der Waals surface area contributed by atoms with Crippen LogP contribution < -0.4 is 10.6 Å². The molecule has 0 aliphatic heterocycles. The van der Waals surface area contributed by atoms with Crippen molar-refractivity contribution in [1.29, 1.82) is 0 Å². The van der Waals surface area contributed by atoms with Crippen LogP contribution in [0.25, 0.3) is 0 Å². The van der Waals surface area contributed by atoms with Gasteiger partial charge < -0.3 is 10.6 Å². The van der Waals surface area contributed by atoms with Gasteiger partial charge >= 0.3 is 0 Å². The van der Waals surface area contributed by atoms with E-state index in [9.17, 15) is 9.59 Å². The highest BCUT2D eigenvalue weighted by Gasteiger charge is 2.30. The number of nitrogens with zero attached hydrogens (tertiary/aromatic N) is 4. The van der Waals surface area contributed by atoms with Crippen molar-refractivity contribution in [2.24, 2.45) is 0 Å². The molecule has 2 N–H and O–H groups in total. The fourth-order valence-corrected chi connectivity index (χ4v) is 3.50. The van der Waals surface area contributed by atoms with Crippen molar-refractivity contribution in [2.75, 3.05) is 0 Å². The molecule has 2 amide bonds. The molecule has 9 heteroatoms. The van der Waals surface area contributed by atoms with Crippen LogP contribution in [0.2, 0.25) is 0 Å². The molecule has 4 rings (SSSR count). The maximum Gasteiger partial charge on any atom is 0.261 e. The molecule has 2 aromatic heterocycles. The lowest BCUT2D eigenvalue weighted by molar-refractivity contribution is 0.0933. The average Bonchev–Trinajstić information content (AvgIpc) is 3.20. The van der Waals surface area contributed by atoms with E-state index in [0.717, 1.165) is 18.4 Å². The second-order valence-electron chi connectivity index (χ2n) is 6.76. The molecule has 1 aromatic carbocycles. The highest BCUT2D eigenvalue weighted by atomic mass is 32.1. The summed E-state index contributed by atoms with van der Waals surface area (Å²) >= 11 is 1.40. The third-order valence-electron chi connectivity index (χ3n) is 4.56. The Morgan fingerprint density at radius 2 is 2.00 bits per heavy atom. The fraction of sp³-hybridized carbons (Fsp3) is 0.316. The molecule has 2 heterocycles. The van der Waals surface area contributed by atoms with E-state index >= 15 is 0 Å². The summed E-state index contributed by atoms with van der Waals surface area (Å²) in [5.74, 6) is 0.384. The number of carbonyl (C=O) groups is 2. The molecule has 0 unspecified atom stereocenters. The first-order valence-electron chi connectivity index (χ1n) is 9.11. The molecule has 1 aliphatic carbocycles. The van der Waals surface area contributed by atoms with E-state index in [1.807, 2.05) is 30.5 Å². The summed E-state index contributed by atoms with van der Waals surface area (Å²) in [6, 6.07) is 10.9. The van der Waals surface area contributed by atoms with Gasteiger partial charge in [-0.05, 0) is 59.3 Å². The molecule has 1 atom stereocenters. The predicted octanol–water partition coefficient (Wildman–Crippen LogP) is 2.49.